The summed E-state index contributed by atoms with van der Waals surface area (Å²) in [6.07, 6.45) is 21.7. The van der Waals surface area contributed by atoms with Gasteiger partial charge in [-0.2, -0.15) is 0 Å². The van der Waals surface area contributed by atoms with Crippen molar-refractivity contribution in [3.8, 4) is 0 Å². The molecule has 1 aliphatic rings. The van der Waals surface area contributed by atoms with Gasteiger partial charge in [0.25, 0.3) is 0 Å². The van der Waals surface area contributed by atoms with Crippen molar-refractivity contribution < 1.29 is 4.74 Å². The van der Waals surface area contributed by atoms with Gasteiger partial charge >= 0.3 is 121 Å². The predicted molar refractivity (Wildman–Crippen MR) is 107 cm³/mol. The summed E-state index contributed by atoms with van der Waals surface area (Å²) < 4.78 is 8.30. The minimum absolute atomic E-state index is 0.406. The second-order valence-electron chi connectivity index (χ2n) is 6.82. The van der Waals surface area contributed by atoms with E-state index in [0.717, 1.165) is 13.2 Å². The molecule has 0 bridgehead atoms. The van der Waals surface area contributed by atoms with Crippen LogP contribution in [0, 0.1) is 0 Å². The van der Waals surface area contributed by atoms with Crippen LogP contribution in [0.3, 0.4) is 0 Å². The van der Waals surface area contributed by atoms with Crippen molar-refractivity contribution in [1.82, 2.24) is 0 Å². The average molecular weight is 440 g/mol. The fourth-order valence-electron chi connectivity index (χ4n) is 2.76. The van der Waals surface area contributed by atoms with Gasteiger partial charge in [-0.25, -0.2) is 0 Å². The van der Waals surface area contributed by atoms with E-state index in [1.807, 2.05) is 0 Å². The number of ether oxygens (including phenoxy) is 1. The molecule has 1 rings (SSSR count). The molecule has 1 heterocycles. The van der Waals surface area contributed by atoms with Crippen LogP contribution in [0.15, 0.2) is 0 Å². The van der Waals surface area contributed by atoms with Crippen LogP contribution in [0.5, 0.6) is 0 Å². The molecule has 0 atom stereocenters. The molecule has 140 valence electrons. The molecule has 23 heavy (non-hydrogen) atoms. The Hall–Kier alpha value is 0.750. The third-order valence-electron chi connectivity index (χ3n) is 4.36. The van der Waals surface area contributed by atoms with Crippen molar-refractivity contribution >= 4 is 20.9 Å². The molecule has 0 aliphatic carbocycles. The molecule has 0 aromatic rings. The van der Waals surface area contributed by atoms with Crippen molar-refractivity contribution in [3.05, 3.63) is 0 Å². The van der Waals surface area contributed by atoms with E-state index in [1.165, 1.54) is 83.5 Å². The fraction of sp³-hybridized carbons (Fsp3) is 1.00. The molecule has 0 amide bonds. The van der Waals surface area contributed by atoms with Gasteiger partial charge < -0.3 is 4.74 Å². The molecule has 1 aliphatic heterocycles. The van der Waals surface area contributed by atoms with E-state index in [4.69, 9.17) is 4.74 Å². The predicted octanol–water partition coefficient (Wildman–Crippen LogP) is 7.44. The molecule has 1 nitrogen and oxygen atoms in total. The van der Waals surface area contributed by atoms with Gasteiger partial charge in [0.15, 0.2) is 0 Å². The molecule has 1 saturated heterocycles. The van der Waals surface area contributed by atoms with E-state index in [1.54, 1.807) is 21.8 Å². The molecule has 0 spiro atoms. The molecule has 0 unspecified atom stereocenters. The summed E-state index contributed by atoms with van der Waals surface area (Å²) in [4.78, 5) is 0. The molecule has 2 heteroatoms. The Labute approximate surface area is 157 Å². The molecule has 0 aromatic carbocycles. The zero-order valence-corrected chi connectivity index (χ0v) is 18.6. The van der Waals surface area contributed by atoms with Crippen molar-refractivity contribution in [3.63, 3.8) is 0 Å². The summed E-state index contributed by atoms with van der Waals surface area (Å²) in [6, 6.07) is 0. The normalized spacial score (nSPS) is 14.3. The van der Waals surface area contributed by atoms with Crippen LogP contribution in [0.2, 0.25) is 8.94 Å². The summed E-state index contributed by atoms with van der Waals surface area (Å²) in [6.45, 7) is 6.60. The second kappa shape index (κ2) is 22.7. The molecular formula is C21H44OTe. The average Bonchev–Trinajstić information content (AvgIpc) is 2.61. The van der Waals surface area contributed by atoms with Gasteiger partial charge in [-0.1, -0.05) is 0 Å². The van der Waals surface area contributed by atoms with E-state index >= 15 is 0 Å². The van der Waals surface area contributed by atoms with Crippen molar-refractivity contribution in [1.29, 1.82) is 0 Å². The van der Waals surface area contributed by atoms with E-state index < -0.39 is 0 Å². The third-order valence-corrected chi connectivity index (χ3v) is 7.66. The van der Waals surface area contributed by atoms with Gasteiger partial charge in [-0.05, 0) is 19.3 Å². The van der Waals surface area contributed by atoms with Gasteiger partial charge in [0, 0.05) is 13.2 Å². The van der Waals surface area contributed by atoms with Crippen LogP contribution in [0.25, 0.3) is 0 Å². The van der Waals surface area contributed by atoms with Gasteiger partial charge in [0.05, 0.1) is 0 Å². The number of unbranched alkanes of at least 4 members (excludes halogenated alkanes) is 10. The van der Waals surface area contributed by atoms with Gasteiger partial charge in [-0.15, -0.1) is 0 Å². The zero-order valence-electron chi connectivity index (χ0n) is 16.3. The minimum atomic E-state index is 0.406. The summed E-state index contributed by atoms with van der Waals surface area (Å²) in [5.41, 5.74) is 0. The summed E-state index contributed by atoms with van der Waals surface area (Å²) in [7, 11) is 0. The van der Waals surface area contributed by atoms with Crippen molar-refractivity contribution in [2.24, 2.45) is 0 Å². The molecule has 1 fully saturated rings. The third kappa shape index (κ3) is 22.7. The maximum atomic E-state index is 5.07. The van der Waals surface area contributed by atoms with Crippen molar-refractivity contribution in [2.45, 2.75) is 119 Å². The quantitative estimate of drug-likeness (QED) is 0.202. The first kappa shape index (κ1) is 23.7. The Balaban J connectivity index is 0.000000664. The van der Waals surface area contributed by atoms with Crippen molar-refractivity contribution in [2.75, 3.05) is 13.2 Å². The topological polar surface area (TPSA) is 9.23 Å². The number of hydrogen-bond donors (Lipinski definition) is 0. The Kier molecular flexibility index (Phi) is 23.5. The summed E-state index contributed by atoms with van der Waals surface area (Å²) >= 11 is 0.406. The first-order valence-electron chi connectivity index (χ1n) is 10.6. The Bertz CT molecular complexity index is 167. The van der Waals surface area contributed by atoms with E-state index in [-0.39, 0.29) is 0 Å². The van der Waals surface area contributed by atoms with Gasteiger partial charge in [-0.3, -0.25) is 0 Å². The Morgan fingerprint density at radius 2 is 1.00 bits per heavy atom. The molecule has 0 N–H and O–H groups in total. The van der Waals surface area contributed by atoms with Crippen LogP contribution >= 0.6 is 0 Å². The molecule has 0 aromatic heterocycles. The Morgan fingerprint density at radius 1 is 0.565 bits per heavy atom. The fourth-order valence-corrected chi connectivity index (χ4v) is 5.67. The number of hydrogen-bond acceptors (Lipinski definition) is 1. The van der Waals surface area contributed by atoms with E-state index in [9.17, 15) is 0 Å². The van der Waals surface area contributed by atoms with Crippen LogP contribution in [-0.2, 0) is 4.74 Å². The molecule has 0 saturated carbocycles. The maximum absolute atomic E-state index is 5.07. The first-order chi connectivity index (χ1) is 11.4. The van der Waals surface area contributed by atoms with Gasteiger partial charge in [0.1, 0.15) is 0 Å². The van der Waals surface area contributed by atoms with Crippen LogP contribution < -0.4 is 0 Å². The summed E-state index contributed by atoms with van der Waals surface area (Å²) in [5, 5.41) is 0. The molecule has 0 radical (unpaired) electrons. The first-order valence-corrected chi connectivity index (χ1v) is 13.9. The van der Waals surface area contributed by atoms with Gasteiger partial charge in [0.2, 0.25) is 0 Å². The second-order valence-corrected chi connectivity index (χ2v) is 10.3. The van der Waals surface area contributed by atoms with E-state index in [2.05, 4.69) is 13.8 Å². The number of rotatable bonds is 14. The van der Waals surface area contributed by atoms with E-state index in [0.29, 0.717) is 20.9 Å². The van der Waals surface area contributed by atoms with Crippen LogP contribution in [0.1, 0.15) is 110 Å². The summed E-state index contributed by atoms with van der Waals surface area (Å²) in [5.74, 6) is 0. The standard InChI is InChI=1S/C16H34Te.C5H10O/c1-3-5-7-9-11-13-15-17-16-14-12-10-8-6-4-2;1-2-4-6-5-3-1/h3-16H2,1-2H3;1-5H2. The molecular weight excluding hydrogens is 396 g/mol. The Morgan fingerprint density at radius 3 is 1.35 bits per heavy atom. The van der Waals surface area contributed by atoms with Crippen LogP contribution in [0.4, 0.5) is 0 Å². The zero-order chi connectivity index (χ0) is 16.8. The van der Waals surface area contributed by atoms with Crippen LogP contribution in [-0.4, -0.2) is 34.1 Å². The monoisotopic (exact) mass is 442 g/mol. The SMILES string of the molecule is C1CCOCC1.CCCCCCCC[Te]CCCCCCCC.